The summed E-state index contributed by atoms with van der Waals surface area (Å²) >= 11 is 0. The topological polar surface area (TPSA) is 139 Å². The number of amides is 3. The van der Waals surface area contributed by atoms with Gasteiger partial charge in [0.25, 0.3) is 0 Å². The number of rotatable bonds is 13. The van der Waals surface area contributed by atoms with E-state index in [4.69, 9.17) is 4.74 Å². The van der Waals surface area contributed by atoms with Gasteiger partial charge < -0.3 is 20.3 Å². The monoisotopic (exact) mass is 639 g/mol. The fourth-order valence-electron chi connectivity index (χ4n) is 4.68. The van der Waals surface area contributed by atoms with Gasteiger partial charge in [-0.2, -0.15) is 0 Å². The smallest absolute Gasteiger partial charge is 0.318 e. The molecular weight excluding hydrogens is 603 g/mol. The second-order valence-electron chi connectivity index (χ2n) is 10.5. The first-order chi connectivity index (χ1) is 21.1. The van der Waals surface area contributed by atoms with Crippen molar-refractivity contribution in [1.29, 1.82) is 0 Å². The molecule has 234 valence electrons. The highest BCUT2D eigenvalue weighted by Crippen LogP contribution is 2.14. The quantitative estimate of drug-likeness (QED) is 0.293. The van der Waals surface area contributed by atoms with Crippen LogP contribution in [-0.4, -0.2) is 77.8 Å². The van der Waals surface area contributed by atoms with E-state index in [0.717, 1.165) is 11.0 Å². The lowest BCUT2D eigenvalue weighted by molar-refractivity contribution is -0.123. The predicted molar refractivity (Wildman–Crippen MR) is 168 cm³/mol. The van der Waals surface area contributed by atoms with Crippen LogP contribution in [0, 0.1) is 0 Å². The van der Waals surface area contributed by atoms with Crippen LogP contribution >= 0.6 is 0 Å². The van der Waals surface area contributed by atoms with Gasteiger partial charge in [-0.3, -0.25) is 4.79 Å². The summed E-state index contributed by atoms with van der Waals surface area (Å²) in [6, 6.07) is 23.2. The van der Waals surface area contributed by atoms with E-state index in [0.29, 0.717) is 44.7 Å². The second kappa shape index (κ2) is 15.6. The van der Waals surface area contributed by atoms with Gasteiger partial charge in [-0.05, 0) is 36.1 Å². The lowest BCUT2D eigenvalue weighted by Gasteiger charge is -2.29. The molecule has 0 aliphatic carbocycles. The molecule has 0 radical (unpaired) electrons. The van der Waals surface area contributed by atoms with Gasteiger partial charge in [-0.25, -0.2) is 21.6 Å². The molecular formula is C32H37N3O7S2. The van der Waals surface area contributed by atoms with Crippen LogP contribution in [0.5, 0.6) is 0 Å². The second-order valence-corrected chi connectivity index (χ2v) is 14.4. The molecule has 1 fully saturated rings. The van der Waals surface area contributed by atoms with Crippen molar-refractivity contribution in [1.82, 2.24) is 15.5 Å². The molecule has 0 spiro atoms. The average molecular weight is 640 g/mol. The van der Waals surface area contributed by atoms with E-state index >= 15 is 0 Å². The molecule has 1 aliphatic heterocycles. The Balaban J connectivity index is 1.56. The predicted octanol–water partition coefficient (Wildman–Crippen LogP) is 3.12. The zero-order valence-corrected chi connectivity index (χ0v) is 25.9. The van der Waals surface area contributed by atoms with Crippen molar-refractivity contribution in [2.45, 2.75) is 35.6 Å². The average Bonchev–Trinajstić information content (AvgIpc) is 3.03. The van der Waals surface area contributed by atoms with Crippen molar-refractivity contribution in [2.24, 2.45) is 0 Å². The van der Waals surface area contributed by atoms with Crippen LogP contribution in [0.15, 0.2) is 107 Å². The van der Waals surface area contributed by atoms with Crippen LogP contribution in [0.2, 0.25) is 0 Å². The summed E-state index contributed by atoms with van der Waals surface area (Å²) in [6.45, 7) is 1.27. The number of nitrogens with one attached hydrogen (secondary N) is 2. The summed E-state index contributed by atoms with van der Waals surface area (Å²) in [7, 11) is -7.66. The van der Waals surface area contributed by atoms with Gasteiger partial charge in [0.1, 0.15) is 6.04 Å². The van der Waals surface area contributed by atoms with E-state index in [2.05, 4.69) is 10.6 Å². The highest BCUT2D eigenvalue weighted by molar-refractivity contribution is 7.94. The summed E-state index contributed by atoms with van der Waals surface area (Å²) in [4.78, 5) is 28.3. The Bertz CT molecular complexity index is 1610. The summed E-state index contributed by atoms with van der Waals surface area (Å²) in [6.07, 6.45) is 2.23. The fourth-order valence-corrected chi connectivity index (χ4v) is 7.34. The number of ether oxygens (including phenoxy) is 1. The van der Waals surface area contributed by atoms with Gasteiger partial charge in [0.2, 0.25) is 5.91 Å². The number of carbonyl (C=O) groups is 2. The molecule has 3 aromatic rings. The van der Waals surface area contributed by atoms with Gasteiger partial charge in [-0.15, -0.1) is 0 Å². The summed E-state index contributed by atoms with van der Waals surface area (Å²) in [5.74, 6) is -1.68. The van der Waals surface area contributed by atoms with Crippen molar-refractivity contribution in [3.05, 3.63) is 114 Å². The van der Waals surface area contributed by atoms with Gasteiger partial charge in [0.15, 0.2) is 19.7 Å². The van der Waals surface area contributed by atoms with Crippen molar-refractivity contribution in [3.63, 3.8) is 0 Å². The summed E-state index contributed by atoms with van der Waals surface area (Å²) < 4.78 is 57.7. The maximum atomic E-state index is 13.7. The summed E-state index contributed by atoms with van der Waals surface area (Å²) in [5, 5.41) is 6.44. The van der Waals surface area contributed by atoms with E-state index in [1.54, 1.807) is 48.5 Å². The zero-order chi connectivity index (χ0) is 31.4. The summed E-state index contributed by atoms with van der Waals surface area (Å²) in [5.41, 5.74) is 1.54. The number of urea groups is 1. The molecule has 0 bridgehead atoms. The number of hydrogen-bond acceptors (Lipinski definition) is 7. The number of nitrogens with zero attached hydrogens (tertiary/aromatic N) is 1. The number of benzene rings is 3. The SMILES string of the molecule is O=C(N[C@H](/C=C/S(=O)(=O)c1ccccc1)CCc1ccccc1)[C@H](CS(=O)(=O)Cc1ccccc1)NC(=O)N1CCOCC1. The van der Waals surface area contributed by atoms with E-state index in [9.17, 15) is 26.4 Å². The molecule has 0 saturated carbocycles. The molecule has 2 N–H and O–H groups in total. The van der Waals surface area contributed by atoms with E-state index in [1.807, 2.05) is 30.3 Å². The number of morpholine rings is 1. The molecule has 12 heteroatoms. The van der Waals surface area contributed by atoms with Crippen molar-refractivity contribution >= 4 is 31.6 Å². The van der Waals surface area contributed by atoms with Crippen LogP contribution in [0.3, 0.4) is 0 Å². The number of sulfone groups is 2. The van der Waals surface area contributed by atoms with E-state index < -0.39 is 49.4 Å². The standard InChI is InChI=1S/C32H37N3O7S2/c36-31(30(34-32(37)35-19-21-42-22-20-35)25-43(38,39)24-27-12-6-2-7-13-27)33-28(17-16-26-10-4-1-5-11-26)18-23-44(40,41)29-14-8-3-9-15-29/h1-15,18,23,28,30H,16-17,19-22,24-25H2,(H,33,36)(H,34,37)/b23-18+/t28-,30-/m0/s1. The molecule has 44 heavy (non-hydrogen) atoms. The number of carbonyl (C=O) groups excluding carboxylic acids is 2. The van der Waals surface area contributed by atoms with Gasteiger partial charge in [0.05, 0.1) is 29.6 Å². The Morgan fingerprint density at radius 3 is 1.98 bits per heavy atom. The molecule has 1 aliphatic rings. The normalized spacial score (nSPS) is 15.4. The third kappa shape index (κ3) is 10.3. The van der Waals surface area contributed by atoms with Gasteiger partial charge in [-0.1, -0.05) is 84.9 Å². The fraction of sp³-hybridized carbons (Fsp3) is 0.312. The van der Waals surface area contributed by atoms with Gasteiger partial charge >= 0.3 is 6.03 Å². The molecule has 2 atom stereocenters. The Morgan fingerprint density at radius 1 is 0.795 bits per heavy atom. The number of aryl methyl sites for hydroxylation is 1. The van der Waals surface area contributed by atoms with Crippen LogP contribution in [-0.2, 0) is 41.4 Å². The van der Waals surface area contributed by atoms with Crippen molar-refractivity contribution in [3.8, 4) is 0 Å². The molecule has 4 rings (SSSR count). The van der Waals surface area contributed by atoms with E-state index in [-0.39, 0.29) is 10.6 Å². The maximum absolute atomic E-state index is 13.7. The molecule has 1 heterocycles. The molecule has 0 aromatic heterocycles. The minimum atomic E-state index is -3.85. The first-order valence-corrected chi connectivity index (χ1v) is 17.7. The lowest BCUT2D eigenvalue weighted by atomic mass is 10.0. The van der Waals surface area contributed by atoms with Gasteiger partial charge in [0, 0.05) is 24.5 Å². The van der Waals surface area contributed by atoms with Crippen molar-refractivity contribution in [2.75, 3.05) is 32.1 Å². The third-order valence-electron chi connectivity index (χ3n) is 7.04. The Labute approximate surface area is 259 Å². The zero-order valence-electron chi connectivity index (χ0n) is 24.2. The highest BCUT2D eigenvalue weighted by Gasteiger charge is 2.30. The first kappa shape index (κ1) is 32.9. The van der Waals surface area contributed by atoms with Crippen LogP contribution in [0.25, 0.3) is 0 Å². The first-order valence-electron chi connectivity index (χ1n) is 14.3. The van der Waals surface area contributed by atoms with Crippen LogP contribution < -0.4 is 10.6 Å². The maximum Gasteiger partial charge on any atom is 0.318 e. The Morgan fingerprint density at radius 2 is 1.36 bits per heavy atom. The molecule has 10 nitrogen and oxygen atoms in total. The Kier molecular flexibility index (Phi) is 11.7. The van der Waals surface area contributed by atoms with E-state index in [1.165, 1.54) is 23.1 Å². The molecule has 1 saturated heterocycles. The van der Waals surface area contributed by atoms with Crippen LogP contribution in [0.4, 0.5) is 4.79 Å². The molecule has 0 unspecified atom stereocenters. The minimum absolute atomic E-state index is 0.104. The lowest BCUT2D eigenvalue weighted by Crippen LogP contribution is -2.56. The highest BCUT2D eigenvalue weighted by atomic mass is 32.2. The van der Waals surface area contributed by atoms with Crippen molar-refractivity contribution < 1.29 is 31.2 Å². The van der Waals surface area contributed by atoms with Crippen LogP contribution in [0.1, 0.15) is 17.5 Å². The third-order valence-corrected chi connectivity index (χ3v) is 10.1. The largest absolute Gasteiger partial charge is 0.378 e. The molecule has 3 amide bonds. The minimum Gasteiger partial charge on any atom is -0.378 e. The Hall–Kier alpha value is -4.00. The molecule has 3 aromatic carbocycles. The number of hydrogen-bond donors (Lipinski definition) is 2.